The number of nitro groups is 1. The Kier molecular flexibility index (Phi) is 7.39. The van der Waals surface area contributed by atoms with E-state index in [0.29, 0.717) is 6.42 Å². The zero-order valence-corrected chi connectivity index (χ0v) is 15.3. The van der Waals surface area contributed by atoms with Crippen molar-refractivity contribution in [2.45, 2.75) is 32.2 Å². The van der Waals surface area contributed by atoms with E-state index < -0.39 is 28.8 Å². The lowest BCUT2D eigenvalue weighted by molar-refractivity contribution is -0.384. The summed E-state index contributed by atoms with van der Waals surface area (Å²) in [7, 11) is 1.29. The lowest BCUT2D eigenvalue weighted by atomic mass is 10.2. The van der Waals surface area contributed by atoms with Crippen molar-refractivity contribution in [2.75, 3.05) is 7.11 Å². The molecule has 28 heavy (non-hydrogen) atoms. The minimum absolute atomic E-state index is 0.0581. The van der Waals surface area contributed by atoms with Crippen molar-refractivity contribution in [3.8, 4) is 5.75 Å². The molecule has 7 nitrogen and oxygen atoms in total. The zero-order valence-electron chi connectivity index (χ0n) is 15.3. The normalized spacial score (nSPS) is 18.0. The van der Waals surface area contributed by atoms with E-state index in [1.54, 1.807) is 0 Å². The molecule has 9 heteroatoms. The number of hydrogen-bond donors (Lipinski definition) is 0. The summed E-state index contributed by atoms with van der Waals surface area (Å²) in [4.78, 5) is 21.7. The predicted molar refractivity (Wildman–Crippen MR) is 95.0 cm³/mol. The molecule has 1 aliphatic heterocycles. The number of non-ortho nitro benzene ring substituents is 1. The highest BCUT2D eigenvalue weighted by molar-refractivity contribution is 5.89. The largest absolute Gasteiger partial charge is 0.494 e. The number of halogens is 2. The van der Waals surface area contributed by atoms with Crippen molar-refractivity contribution in [1.82, 2.24) is 0 Å². The topological polar surface area (TPSA) is 87.9 Å². The number of rotatable bonds is 4. The van der Waals surface area contributed by atoms with E-state index >= 15 is 0 Å². The van der Waals surface area contributed by atoms with E-state index in [0.717, 1.165) is 12.5 Å². The Hall–Kier alpha value is -3.07. The lowest BCUT2D eigenvalue weighted by Crippen LogP contribution is -2.18. The number of nitrogens with zero attached hydrogens (tertiary/aromatic N) is 1. The summed E-state index contributed by atoms with van der Waals surface area (Å²) in [6.45, 7) is 1.92. The van der Waals surface area contributed by atoms with Gasteiger partial charge in [-0.25, -0.2) is 9.18 Å². The van der Waals surface area contributed by atoms with Crippen LogP contribution in [0.2, 0.25) is 0 Å². The van der Waals surface area contributed by atoms with Gasteiger partial charge in [-0.2, -0.15) is 4.39 Å². The number of esters is 1. The zero-order chi connectivity index (χ0) is 20.7. The van der Waals surface area contributed by atoms with Crippen LogP contribution in [0, 0.1) is 21.7 Å². The van der Waals surface area contributed by atoms with Crippen LogP contribution in [0.15, 0.2) is 42.5 Å². The number of ether oxygens (including phenoxy) is 3. The van der Waals surface area contributed by atoms with Gasteiger partial charge in [-0.3, -0.25) is 10.1 Å². The minimum Gasteiger partial charge on any atom is -0.494 e. The molecule has 0 N–H and O–H groups in total. The van der Waals surface area contributed by atoms with E-state index in [4.69, 9.17) is 9.47 Å². The fourth-order valence-corrected chi connectivity index (χ4v) is 2.40. The second-order valence-corrected chi connectivity index (χ2v) is 5.92. The average Bonchev–Trinajstić information content (AvgIpc) is 3.09. The Morgan fingerprint density at radius 3 is 2.36 bits per heavy atom. The summed E-state index contributed by atoms with van der Waals surface area (Å²) in [5.41, 5.74) is 0.223. The third kappa shape index (κ3) is 5.71. The van der Waals surface area contributed by atoms with E-state index in [1.165, 1.54) is 43.5 Å². The average molecular weight is 395 g/mol. The van der Waals surface area contributed by atoms with Crippen LogP contribution in [0.4, 0.5) is 14.5 Å². The van der Waals surface area contributed by atoms with E-state index in [9.17, 15) is 23.7 Å². The summed E-state index contributed by atoms with van der Waals surface area (Å²) < 4.78 is 39.8. The molecule has 0 saturated carbocycles. The minimum atomic E-state index is -0.940. The second-order valence-electron chi connectivity index (χ2n) is 5.92. The van der Waals surface area contributed by atoms with Crippen molar-refractivity contribution in [1.29, 1.82) is 0 Å². The monoisotopic (exact) mass is 395 g/mol. The molecule has 0 aliphatic carbocycles. The van der Waals surface area contributed by atoms with Gasteiger partial charge in [0.2, 0.25) is 12.1 Å². The van der Waals surface area contributed by atoms with Gasteiger partial charge in [0.1, 0.15) is 0 Å². The Labute approximate surface area is 160 Å². The second kappa shape index (κ2) is 9.75. The molecule has 1 saturated heterocycles. The summed E-state index contributed by atoms with van der Waals surface area (Å²) in [6.07, 6.45) is 1.13. The van der Waals surface area contributed by atoms with Crippen molar-refractivity contribution in [3.63, 3.8) is 0 Å². The SMILES string of the molecule is CC1CCC(OC(=O)c2ccc([N+](=O)[O-])cc2)O1.COc1cccc(F)c1F. The van der Waals surface area contributed by atoms with Crippen molar-refractivity contribution < 1.29 is 32.7 Å². The van der Waals surface area contributed by atoms with E-state index in [2.05, 4.69) is 4.74 Å². The first-order chi connectivity index (χ1) is 13.3. The summed E-state index contributed by atoms with van der Waals surface area (Å²) in [5.74, 6) is -2.42. The molecule has 2 aromatic rings. The van der Waals surface area contributed by atoms with Crippen molar-refractivity contribution >= 4 is 11.7 Å². The first-order valence-corrected chi connectivity index (χ1v) is 8.40. The fourth-order valence-electron chi connectivity index (χ4n) is 2.40. The van der Waals surface area contributed by atoms with Crippen LogP contribution in [-0.4, -0.2) is 30.4 Å². The van der Waals surface area contributed by atoms with Crippen LogP contribution in [0.5, 0.6) is 5.75 Å². The maximum Gasteiger partial charge on any atom is 0.340 e. The highest BCUT2D eigenvalue weighted by Crippen LogP contribution is 2.21. The molecule has 1 heterocycles. The fraction of sp³-hybridized carbons (Fsp3) is 0.316. The maximum absolute atomic E-state index is 12.5. The van der Waals surface area contributed by atoms with Gasteiger partial charge in [-0.05, 0) is 37.6 Å². The van der Waals surface area contributed by atoms with Gasteiger partial charge < -0.3 is 14.2 Å². The highest BCUT2D eigenvalue weighted by Gasteiger charge is 2.25. The third-order valence-corrected chi connectivity index (χ3v) is 3.88. The summed E-state index contributed by atoms with van der Waals surface area (Å²) in [5, 5.41) is 10.5. The molecule has 2 atom stereocenters. The van der Waals surface area contributed by atoms with Gasteiger partial charge in [0.15, 0.2) is 11.6 Å². The molecule has 0 bridgehead atoms. The molecule has 3 rings (SSSR count). The molecular formula is C19H19F2NO6. The number of hydrogen-bond acceptors (Lipinski definition) is 6. The van der Waals surface area contributed by atoms with Gasteiger partial charge in [0.05, 0.1) is 23.7 Å². The van der Waals surface area contributed by atoms with Crippen LogP contribution in [0.25, 0.3) is 0 Å². The highest BCUT2D eigenvalue weighted by atomic mass is 19.2. The molecule has 0 amide bonds. The molecule has 1 aliphatic rings. The van der Waals surface area contributed by atoms with Crippen LogP contribution in [0.3, 0.4) is 0 Å². The molecule has 2 unspecified atom stereocenters. The molecule has 0 aromatic heterocycles. The van der Waals surface area contributed by atoms with Crippen LogP contribution >= 0.6 is 0 Å². The molecule has 2 aromatic carbocycles. The number of benzene rings is 2. The van der Waals surface area contributed by atoms with Gasteiger partial charge in [-0.15, -0.1) is 0 Å². The van der Waals surface area contributed by atoms with E-state index in [1.807, 2.05) is 6.92 Å². The number of nitro benzene ring substituents is 1. The molecule has 0 radical (unpaired) electrons. The number of methoxy groups -OCH3 is 1. The lowest BCUT2D eigenvalue weighted by Gasteiger charge is -2.12. The standard InChI is InChI=1S/C12H13NO5.C7H6F2O/c1-8-2-7-11(17-8)18-12(14)9-3-5-10(6-4-9)13(15)16;1-10-6-4-2-3-5(8)7(6)9/h3-6,8,11H,2,7H2,1H3;2-4H,1H3. The first-order valence-electron chi connectivity index (χ1n) is 8.40. The first kappa shape index (κ1) is 21.2. The Morgan fingerprint density at radius 2 is 1.86 bits per heavy atom. The number of carbonyl (C=O) groups excluding carboxylic acids is 1. The Morgan fingerprint density at radius 1 is 1.18 bits per heavy atom. The molecule has 0 spiro atoms. The predicted octanol–water partition coefficient (Wildman–Crippen LogP) is 4.25. The Balaban J connectivity index is 0.000000237. The quantitative estimate of drug-likeness (QED) is 0.437. The van der Waals surface area contributed by atoms with Crippen molar-refractivity contribution in [2.24, 2.45) is 0 Å². The van der Waals surface area contributed by atoms with Crippen LogP contribution in [0.1, 0.15) is 30.1 Å². The molecule has 1 fully saturated rings. The van der Waals surface area contributed by atoms with Crippen LogP contribution < -0.4 is 4.74 Å². The molecular weight excluding hydrogens is 376 g/mol. The number of carbonyl (C=O) groups is 1. The van der Waals surface area contributed by atoms with Gasteiger partial charge >= 0.3 is 5.97 Å². The van der Waals surface area contributed by atoms with Gasteiger partial charge in [0, 0.05) is 18.6 Å². The van der Waals surface area contributed by atoms with E-state index in [-0.39, 0.29) is 23.1 Å². The maximum atomic E-state index is 12.5. The summed E-state index contributed by atoms with van der Waals surface area (Å²) >= 11 is 0. The van der Waals surface area contributed by atoms with Gasteiger partial charge in [0.25, 0.3) is 5.69 Å². The van der Waals surface area contributed by atoms with Crippen molar-refractivity contribution in [3.05, 3.63) is 69.8 Å². The molecule has 150 valence electrons. The summed E-state index contributed by atoms with van der Waals surface area (Å²) in [6, 6.07) is 9.08. The third-order valence-electron chi connectivity index (χ3n) is 3.88. The Bertz CT molecular complexity index is 828. The van der Waals surface area contributed by atoms with Gasteiger partial charge in [-0.1, -0.05) is 6.07 Å². The smallest absolute Gasteiger partial charge is 0.340 e. The van der Waals surface area contributed by atoms with Crippen LogP contribution in [-0.2, 0) is 9.47 Å².